The Morgan fingerprint density at radius 1 is 1.42 bits per heavy atom. The van der Waals surface area contributed by atoms with E-state index in [2.05, 4.69) is 25.7 Å². The predicted octanol–water partition coefficient (Wildman–Crippen LogP) is 2.62. The van der Waals surface area contributed by atoms with Crippen LogP contribution in [0, 0.1) is 10.8 Å². The number of nitrogens with one attached hydrogen (secondary N) is 1. The summed E-state index contributed by atoms with van der Waals surface area (Å²) in [4.78, 5) is 2.51. The molecule has 0 aromatic carbocycles. The molecule has 1 fully saturated rings. The van der Waals surface area contributed by atoms with Crippen LogP contribution in [0.25, 0.3) is 0 Å². The molecule has 1 aliphatic heterocycles. The number of nitrogens with two attached hydrogens (primary N) is 1. The van der Waals surface area contributed by atoms with E-state index < -0.39 is 0 Å². The Labute approximate surface area is 118 Å². The molecule has 0 radical (unpaired) electrons. The minimum Gasteiger partial charge on any atom is -0.387 e. The molecule has 0 spiro atoms. The van der Waals surface area contributed by atoms with Crippen molar-refractivity contribution in [3.05, 3.63) is 0 Å². The molecule has 0 saturated carbocycles. The smallest absolute Gasteiger partial charge is 0.0963 e. The number of ether oxygens (including phenoxy) is 1. The zero-order chi connectivity index (χ0) is 14.5. The molecule has 1 saturated heterocycles. The highest BCUT2D eigenvalue weighted by Crippen LogP contribution is 2.25. The first-order valence-electron chi connectivity index (χ1n) is 7.41. The lowest BCUT2D eigenvalue weighted by Gasteiger charge is -2.39. The quantitative estimate of drug-likeness (QED) is 0.424. The Morgan fingerprint density at radius 3 is 2.68 bits per heavy atom. The van der Waals surface area contributed by atoms with E-state index in [0.717, 1.165) is 32.4 Å². The average Bonchev–Trinajstić information content (AvgIpc) is 2.35. The maximum atomic E-state index is 7.56. The fourth-order valence-electron chi connectivity index (χ4n) is 2.70. The van der Waals surface area contributed by atoms with Crippen LogP contribution in [-0.2, 0) is 4.74 Å². The van der Waals surface area contributed by atoms with E-state index in [0.29, 0.717) is 5.84 Å². The number of nitrogens with zero attached hydrogens (tertiary/aromatic N) is 1. The molecule has 1 aliphatic rings. The molecule has 0 aromatic heterocycles. The van der Waals surface area contributed by atoms with Gasteiger partial charge in [0.15, 0.2) is 0 Å². The highest BCUT2D eigenvalue weighted by atomic mass is 16.5. The molecule has 4 nitrogen and oxygen atoms in total. The van der Waals surface area contributed by atoms with E-state index >= 15 is 0 Å². The van der Waals surface area contributed by atoms with Crippen molar-refractivity contribution in [2.24, 2.45) is 11.1 Å². The summed E-state index contributed by atoms with van der Waals surface area (Å²) >= 11 is 0. The van der Waals surface area contributed by atoms with Gasteiger partial charge in [0, 0.05) is 19.1 Å². The monoisotopic (exact) mass is 269 g/mol. The van der Waals surface area contributed by atoms with Crippen LogP contribution in [0.2, 0.25) is 0 Å². The summed E-state index contributed by atoms with van der Waals surface area (Å²) in [6, 6.07) is 0. The normalized spacial score (nSPS) is 25.5. The number of piperidine rings is 1. The van der Waals surface area contributed by atoms with Crippen LogP contribution in [0.3, 0.4) is 0 Å². The molecule has 3 N–H and O–H groups in total. The highest BCUT2D eigenvalue weighted by Gasteiger charge is 2.30. The number of amidine groups is 1. The number of hydrogen-bond acceptors (Lipinski definition) is 3. The second kappa shape index (κ2) is 6.71. The van der Waals surface area contributed by atoms with Crippen molar-refractivity contribution in [3.63, 3.8) is 0 Å². The van der Waals surface area contributed by atoms with Gasteiger partial charge in [-0.25, -0.2) is 0 Å². The van der Waals surface area contributed by atoms with Gasteiger partial charge in [-0.05, 0) is 45.7 Å². The van der Waals surface area contributed by atoms with E-state index in [1.54, 1.807) is 0 Å². The minimum atomic E-state index is -0.150. The number of likely N-dealkylation sites (tertiary alicyclic amines) is 1. The lowest BCUT2D eigenvalue weighted by Crippen LogP contribution is -2.47. The Hall–Kier alpha value is -0.610. The van der Waals surface area contributed by atoms with Crippen molar-refractivity contribution >= 4 is 5.84 Å². The number of rotatable bonds is 7. The largest absolute Gasteiger partial charge is 0.387 e. The lowest BCUT2D eigenvalue weighted by molar-refractivity contribution is -0.0508. The van der Waals surface area contributed by atoms with Crippen molar-refractivity contribution < 1.29 is 4.74 Å². The summed E-state index contributed by atoms with van der Waals surface area (Å²) in [5.74, 6) is 0.303. The summed E-state index contributed by atoms with van der Waals surface area (Å²) in [6.07, 6.45) is 5.70. The van der Waals surface area contributed by atoms with Crippen LogP contribution in [0.15, 0.2) is 0 Å². The van der Waals surface area contributed by atoms with E-state index in [1.807, 2.05) is 7.11 Å². The van der Waals surface area contributed by atoms with Crippen LogP contribution >= 0.6 is 0 Å². The van der Waals surface area contributed by atoms with Crippen molar-refractivity contribution in [1.82, 2.24) is 4.90 Å². The van der Waals surface area contributed by atoms with Crippen molar-refractivity contribution in [3.8, 4) is 0 Å². The fourth-order valence-corrected chi connectivity index (χ4v) is 2.70. The third-order valence-electron chi connectivity index (χ3n) is 4.49. The van der Waals surface area contributed by atoms with Crippen molar-refractivity contribution in [1.29, 1.82) is 5.41 Å². The van der Waals surface area contributed by atoms with Gasteiger partial charge in [0.25, 0.3) is 0 Å². The molecule has 4 heteroatoms. The average molecular weight is 269 g/mol. The topological polar surface area (TPSA) is 62.3 Å². The van der Waals surface area contributed by atoms with Gasteiger partial charge in [0.05, 0.1) is 11.4 Å². The lowest BCUT2D eigenvalue weighted by atomic mass is 9.86. The molecule has 19 heavy (non-hydrogen) atoms. The summed E-state index contributed by atoms with van der Waals surface area (Å²) in [7, 11) is 1.82. The predicted molar refractivity (Wildman–Crippen MR) is 80.6 cm³/mol. The maximum absolute atomic E-state index is 7.56. The summed E-state index contributed by atoms with van der Waals surface area (Å²) in [6.45, 7) is 9.68. The van der Waals surface area contributed by atoms with Crippen LogP contribution < -0.4 is 5.73 Å². The molecule has 0 aliphatic carbocycles. The van der Waals surface area contributed by atoms with Crippen LogP contribution in [0.5, 0.6) is 0 Å². The van der Waals surface area contributed by atoms with Gasteiger partial charge in [-0.1, -0.05) is 20.3 Å². The minimum absolute atomic E-state index is 0.0386. The molecule has 112 valence electrons. The molecule has 1 atom stereocenters. The van der Waals surface area contributed by atoms with Crippen molar-refractivity contribution in [2.75, 3.05) is 26.7 Å². The van der Waals surface area contributed by atoms with Gasteiger partial charge >= 0.3 is 0 Å². The summed E-state index contributed by atoms with van der Waals surface area (Å²) < 4.78 is 5.61. The van der Waals surface area contributed by atoms with Gasteiger partial charge in [0.2, 0.25) is 0 Å². The molecular weight excluding hydrogens is 238 g/mol. The van der Waals surface area contributed by atoms with Crippen LogP contribution in [0.1, 0.15) is 52.9 Å². The molecule has 1 rings (SSSR count). The molecular formula is C15H31N3O. The Bertz CT molecular complexity index is 304. The Balaban J connectivity index is 2.25. The van der Waals surface area contributed by atoms with E-state index in [1.165, 1.54) is 19.4 Å². The molecule has 0 bridgehead atoms. The third kappa shape index (κ3) is 5.11. The Kier molecular flexibility index (Phi) is 5.81. The second-order valence-electron chi connectivity index (χ2n) is 6.79. The van der Waals surface area contributed by atoms with E-state index in [-0.39, 0.29) is 11.0 Å². The fraction of sp³-hybridized carbons (Fsp3) is 0.933. The highest BCUT2D eigenvalue weighted by molar-refractivity contribution is 5.82. The van der Waals surface area contributed by atoms with Gasteiger partial charge < -0.3 is 15.4 Å². The van der Waals surface area contributed by atoms with E-state index in [4.69, 9.17) is 15.9 Å². The Morgan fingerprint density at radius 2 is 2.11 bits per heavy atom. The van der Waals surface area contributed by atoms with Crippen LogP contribution in [-0.4, -0.2) is 43.1 Å². The van der Waals surface area contributed by atoms with Gasteiger partial charge in [-0.3, -0.25) is 5.41 Å². The first-order valence-corrected chi connectivity index (χ1v) is 7.41. The van der Waals surface area contributed by atoms with Gasteiger partial charge in [0.1, 0.15) is 0 Å². The first-order chi connectivity index (χ1) is 8.79. The molecule has 1 unspecified atom stereocenters. The summed E-state index contributed by atoms with van der Waals surface area (Å²) in [5.41, 5.74) is 5.49. The number of hydrogen-bond donors (Lipinski definition) is 2. The molecule has 0 amide bonds. The SMILES string of the molecule is COC1(C)CCCN(CCCCC(C)(C)C(=N)N)C1. The van der Waals surface area contributed by atoms with Crippen LogP contribution in [0.4, 0.5) is 0 Å². The van der Waals surface area contributed by atoms with Gasteiger partial charge in [-0.15, -0.1) is 0 Å². The van der Waals surface area contributed by atoms with Gasteiger partial charge in [-0.2, -0.15) is 0 Å². The summed E-state index contributed by atoms with van der Waals surface area (Å²) in [5, 5.41) is 7.56. The third-order valence-corrected chi connectivity index (χ3v) is 4.49. The van der Waals surface area contributed by atoms with E-state index in [9.17, 15) is 0 Å². The zero-order valence-electron chi connectivity index (χ0n) is 13.1. The number of unbranched alkanes of at least 4 members (excludes halogenated alkanes) is 1. The first kappa shape index (κ1) is 16.4. The molecule has 1 heterocycles. The standard InChI is InChI=1S/C15H31N3O/c1-14(2,13(16)17)8-5-6-10-18-11-7-9-15(3,12-18)19-4/h5-12H2,1-4H3,(H3,16,17). The zero-order valence-corrected chi connectivity index (χ0v) is 13.1. The number of methoxy groups -OCH3 is 1. The molecule has 0 aromatic rings. The second-order valence-corrected chi connectivity index (χ2v) is 6.79. The van der Waals surface area contributed by atoms with Crippen molar-refractivity contribution in [2.45, 2.75) is 58.5 Å². The maximum Gasteiger partial charge on any atom is 0.0963 e.